The Morgan fingerprint density at radius 3 is 3.00 bits per heavy atom. The molecule has 0 radical (unpaired) electrons. The summed E-state index contributed by atoms with van der Waals surface area (Å²) in [6.45, 7) is 0.206. The molecule has 2 rings (SSSR count). The molecule has 0 amide bonds. The minimum Gasteiger partial charge on any atom is -0.464 e. The fourth-order valence-electron chi connectivity index (χ4n) is 1.62. The first-order valence-corrected chi connectivity index (χ1v) is 5.75. The topological polar surface area (TPSA) is 70.1 Å². The highest BCUT2D eigenvalue weighted by atomic mass is 35.5. The fraction of sp³-hybridized carbons (Fsp3) is 0.167. The van der Waals surface area contributed by atoms with Crippen LogP contribution < -0.4 is 5.73 Å². The Morgan fingerprint density at radius 1 is 1.58 bits per heavy atom. The van der Waals surface area contributed by atoms with Gasteiger partial charge in [0, 0.05) is 6.20 Å². The number of carbonyl (C=O) groups is 1. The van der Waals surface area contributed by atoms with Crippen molar-refractivity contribution in [2.45, 2.75) is 6.54 Å². The minimum atomic E-state index is -0.624. The predicted molar refractivity (Wildman–Crippen MR) is 68.5 cm³/mol. The molecule has 0 unspecified atom stereocenters. The van der Waals surface area contributed by atoms with Crippen molar-refractivity contribution in [3.05, 3.63) is 46.5 Å². The van der Waals surface area contributed by atoms with Crippen molar-refractivity contribution in [1.29, 1.82) is 0 Å². The van der Waals surface area contributed by atoms with Gasteiger partial charge in [0.25, 0.3) is 0 Å². The van der Waals surface area contributed by atoms with E-state index in [1.807, 2.05) is 0 Å². The number of benzene rings is 1. The molecule has 100 valence electrons. The number of hydrogen-bond donors (Lipinski definition) is 1. The SMILES string of the molecule is COC(=O)c1nn(Cc2cccc(F)c2Cl)cc1N. The van der Waals surface area contributed by atoms with E-state index >= 15 is 0 Å². The zero-order valence-corrected chi connectivity index (χ0v) is 10.8. The quantitative estimate of drug-likeness (QED) is 0.876. The number of halogens is 2. The number of carbonyl (C=O) groups excluding carboxylic acids is 1. The Kier molecular flexibility index (Phi) is 3.71. The van der Waals surface area contributed by atoms with Gasteiger partial charge in [-0.25, -0.2) is 9.18 Å². The molecule has 1 aromatic carbocycles. The summed E-state index contributed by atoms with van der Waals surface area (Å²) in [6, 6.07) is 4.48. The van der Waals surface area contributed by atoms with Gasteiger partial charge in [0.15, 0.2) is 5.69 Å². The van der Waals surface area contributed by atoms with Crippen LogP contribution in [0.2, 0.25) is 5.02 Å². The van der Waals surface area contributed by atoms with Crippen LogP contribution in [0.4, 0.5) is 10.1 Å². The molecular weight excluding hydrogens is 273 g/mol. The van der Waals surface area contributed by atoms with Gasteiger partial charge in [-0.05, 0) is 11.6 Å². The predicted octanol–water partition coefficient (Wildman–Crippen LogP) is 2.09. The summed E-state index contributed by atoms with van der Waals surface area (Å²) in [5.74, 6) is -1.13. The molecule has 0 aliphatic heterocycles. The first-order chi connectivity index (χ1) is 9.02. The highest BCUT2D eigenvalue weighted by molar-refractivity contribution is 6.31. The van der Waals surface area contributed by atoms with Gasteiger partial charge < -0.3 is 10.5 Å². The van der Waals surface area contributed by atoms with Crippen LogP contribution in [0.5, 0.6) is 0 Å². The second kappa shape index (κ2) is 5.27. The van der Waals surface area contributed by atoms with Crippen LogP contribution in [0.1, 0.15) is 16.1 Å². The maximum absolute atomic E-state index is 13.3. The molecule has 2 aromatic rings. The molecule has 0 fully saturated rings. The van der Waals surface area contributed by atoms with Crippen LogP contribution >= 0.6 is 11.6 Å². The lowest BCUT2D eigenvalue weighted by Gasteiger charge is -2.04. The maximum Gasteiger partial charge on any atom is 0.360 e. The molecule has 0 atom stereocenters. The van der Waals surface area contributed by atoms with Gasteiger partial charge in [-0.1, -0.05) is 23.7 Å². The number of esters is 1. The van der Waals surface area contributed by atoms with Crippen molar-refractivity contribution in [2.75, 3.05) is 12.8 Å². The molecular formula is C12H11ClFN3O2. The van der Waals surface area contributed by atoms with Crippen LogP contribution in [0.25, 0.3) is 0 Å². The van der Waals surface area contributed by atoms with Gasteiger partial charge in [0.2, 0.25) is 0 Å². The molecule has 7 heteroatoms. The third kappa shape index (κ3) is 2.68. The number of anilines is 1. The van der Waals surface area contributed by atoms with Gasteiger partial charge >= 0.3 is 5.97 Å². The molecule has 0 saturated carbocycles. The monoisotopic (exact) mass is 283 g/mol. The van der Waals surface area contributed by atoms with E-state index in [0.717, 1.165) is 0 Å². The average molecular weight is 284 g/mol. The van der Waals surface area contributed by atoms with Crippen LogP contribution in [0.3, 0.4) is 0 Å². The summed E-state index contributed by atoms with van der Waals surface area (Å²) in [5, 5.41) is 4.01. The molecule has 0 bridgehead atoms. The van der Waals surface area contributed by atoms with Crippen LogP contribution in [0, 0.1) is 5.82 Å². The van der Waals surface area contributed by atoms with Crippen molar-refractivity contribution in [2.24, 2.45) is 0 Å². The van der Waals surface area contributed by atoms with Gasteiger partial charge in [-0.15, -0.1) is 0 Å². The Morgan fingerprint density at radius 2 is 2.32 bits per heavy atom. The largest absolute Gasteiger partial charge is 0.464 e. The second-order valence-corrected chi connectivity index (χ2v) is 4.21. The normalized spacial score (nSPS) is 10.5. The smallest absolute Gasteiger partial charge is 0.360 e. The zero-order chi connectivity index (χ0) is 14.0. The molecule has 0 aliphatic rings. The highest BCUT2D eigenvalue weighted by Crippen LogP contribution is 2.21. The third-order valence-corrected chi connectivity index (χ3v) is 2.96. The Hall–Kier alpha value is -2.08. The summed E-state index contributed by atoms with van der Waals surface area (Å²) in [4.78, 5) is 11.4. The second-order valence-electron chi connectivity index (χ2n) is 3.84. The number of aromatic nitrogens is 2. The molecule has 5 nitrogen and oxygen atoms in total. The molecule has 0 spiro atoms. The van der Waals surface area contributed by atoms with Gasteiger partial charge in [-0.2, -0.15) is 5.10 Å². The lowest BCUT2D eigenvalue weighted by molar-refractivity contribution is 0.0594. The maximum atomic E-state index is 13.3. The van der Waals surface area contributed by atoms with Crippen molar-refractivity contribution in [1.82, 2.24) is 9.78 Å². The summed E-state index contributed by atoms with van der Waals surface area (Å²) in [7, 11) is 1.24. The van der Waals surface area contributed by atoms with Crippen molar-refractivity contribution < 1.29 is 13.9 Å². The van der Waals surface area contributed by atoms with E-state index in [-0.39, 0.29) is 22.9 Å². The van der Waals surface area contributed by atoms with E-state index in [4.69, 9.17) is 17.3 Å². The molecule has 2 N–H and O–H groups in total. The van der Waals surface area contributed by atoms with E-state index in [1.54, 1.807) is 12.1 Å². The molecule has 1 aromatic heterocycles. The zero-order valence-electron chi connectivity index (χ0n) is 10.1. The molecule has 0 saturated heterocycles. The fourth-order valence-corrected chi connectivity index (χ4v) is 1.80. The number of hydrogen-bond acceptors (Lipinski definition) is 4. The summed E-state index contributed by atoms with van der Waals surface area (Å²) < 4.78 is 19.2. The van der Waals surface area contributed by atoms with Crippen LogP contribution in [-0.2, 0) is 11.3 Å². The van der Waals surface area contributed by atoms with Crippen LogP contribution in [0.15, 0.2) is 24.4 Å². The summed E-state index contributed by atoms with van der Waals surface area (Å²) in [6.07, 6.45) is 1.47. The van der Waals surface area contributed by atoms with Gasteiger partial charge in [-0.3, -0.25) is 4.68 Å². The van der Waals surface area contributed by atoms with Gasteiger partial charge in [0.05, 0.1) is 24.4 Å². The number of methoxy groups -OCH3 is 1. The van der Waals surface area contributed by atoms with Crippen molar-refractivity contribution >= 4 is 23.3 Å². The Balaban J connectivity index is 2.29. The van der Waals surface area contributed by atoms with Crippen LogP contribution in [-0.4, -0.2) is 22.9 Å². The Bertz CT molecular complexity index is 627. The first-order valence-electron chi connectivity index (χ1n) is 5.37. The standard InChI is InChI=1S/C12H11ClFN3O2/c1-19-12(18)11-9(15)6-17(16-11)5-7-3-2-4-8(14)10(7)13/h2-4,6H,5,15H2,1H3. The van der Waals surface area contributed by atoms with E-state index in [0.29, 0.717) is 5.56 Å². The van der Waals surface area contributed by atoms with Crippen molar-refractivity contribution in [3.63, 3.8) is 0 Å². The van der Waals surface area contributed by atoms with E-state index in [2.05, 4.69) is 9.84 Å². The minimum absolute atomic E-state index is 0.0232. The number of ether oxygens (including phenoxy) is 1. The number of nitrogens with zero attached hydrogens (tertiary/aromatic N) is 2. The third-order valence-electron chi connectivity index (χ3n) is 2.53. The molecule has 0 aliphatic carbocycles. The first kappa shape index (κ1) is 13.4. The lowest BCUT2D eigenvalue weighted by Crippen LogP contribution is -2.07. The van der Waals surface area contributed by atoms with E-state index in [9.17, 15) is 9.18 Å². The summed E-state index contributed by atoms with van der Waals surface area (Å²) >= 11 is 5.84. The van der Waals surface area contributed by atoms with E-state index < -0.39 is 11.8 Å². The molecule has 19 heavy (non-hydrogen) atoms. The number of nitrogens with two attached hydrogens (primary N) is 1. The number of nitrogen functional groups attached to an aromatic ring is 1. The average Bonchev–Trinajstić information content (AvgIpc) is 2.75. The Labute approximate surface area is 113 Å². The van der Waals surface area contributed by atoms with Gasteiger partial charge in [0.1, 0.15) is 5.82 Å². The van der Waals surface area contributed by atoms with E-state index in [1.165, 1.54) is 24.1 Å². The highest BCUT2D eigenvalue weighted by Gasteiger charge is 2.16. The van der Waals surface area contributed by atoms with Crippen molar-refractivity contribution in [3.8, 4) is 0 Å². The lowest BCUT2D eigenvalue weighted by atomic mass is 10.2. The molecule has 1 heterocycles. The summed E-state index contributed by atoms with van der Waals surface area (Å²) in [5.41, 5.74) is 6.41. The number of rotatable bonds is 3.